The molecule has 0 saturated heterocycles. The molecule has 0 unspecified atom stereocenters. The van der Waals surface area contributed by atoms with Crippen LogP contribution in [0.3, 0.4) is 0 Å². The van der Waals surface area contributed by atoms with E-state index >= 15 is 0 Å². The molecule has 0 spiro atoms. The first kappa shape index (κ1) is 17.6. The molecule has 2 N–H and O–H groups in total. The summed E-state index contributed by atoms with van der Waals surface area (Å²) in [6.07, 6.45) is -0.750. The van der Waals surface area contributed by atoms with Crippen LogP contribution in [0, 0.1) is 5.92 Å². The minimum absolute atomic E-state index is 0.134. The van der Waals surface area contributed by atoms with Gasteiger partial charge < -0.3 is 19.7 Å². The van der Waals surface area contributed by atoms with Gasteiger partial charge in [0.25, 0.3) is 0 Å². The molecule has 0 fully saturated rings. The average molecular weight is 316 g/mol. The maximum atomic E-state index is 10.1. The Labute approximate surface area is 137 Å². The molecule has 2 atom stereocenters. The lowest BCUT2D eigenvalue weighted by Crippen LogP contribution is -2.32. The fourth-order valence-corrected chi connectivity index (χ4v) is 2.20. The molecule has 0 radical (unpaired) electrons. The maximum absolute atomic E-state index is 10.1. The van der Waals surface area contributed by atoms with Gasteiger partial charge in [0.15, 0.2) is 0 Å². The summed E-state index contributed by atoms with van der Waals surface area (Å²) < 4.78 is 11.1. The van der Waals surface area contributed by atoms with E-state index in [1.807, 2.05) is 60.7 Å². The monoisotopic (exact) mass is 316 g/mol. The Morgan fingerprint density at radius 2 is 1.22 bits per heavy atom. The van der Waals surface area contributed by atoms with Crippen LogP contribution in [0.25, 0.3) is 0 Å². The lowest BCUT2D eigenvalue weighted by Gasteiger charge is -2.21. The van der Waals surface area contributed by atoms with Gasteiger partial charge in [0.2, 0.25) is 0 Å². The van der Waals surface area contributed by atoms with E-state index in [-0.39, 0.29) is 19.1 Å². The van der Waals surface area contributed by atoms with Crippen molar-refractivity contribution in [2.24, 2.45) is 5.92 Å². The van der Waals surface area contributed by atoms with Crippen LogP contribution in [0.5, 0.6) is 0 Å². The van der Waals surface area contributed by atoms with Gasteiger partial charge in [-0.3, -0.25) is 0 Å². The summed E-state index contributed by atoms with van der Waals surface area (Å²) in [5.41, 5.74) is 2.12. The second kappa shape index (κ2) is 10.1. The first-order valence-corrected chi connectivity index (χ1v) is 7.82. The van der Waals surface area contributed by atoms with Crippen LogP contribution in [-0.2, 0) is 22.7 Å². The van der Waals surface area contributed by atoms with Crippen LogP contribution in [0.1, 0.15) is 11.1 Å². The van der Waals surface area contributed by atoms with Crippen LogP contribution >= 0.6 is 0 Å². The zero-order valence-corrected chi connectivity index (χ0v) is 13.2. The van der Waals surface area contributed by atoms with E-state index < -0.39 is 6.10 Å². The highest BCUT2D eigenvalue weighted by molar-refractivity contribution is 5.14. The molecule has 4 nitrogen and oxygen atoms in total. The minimum Gasteiger partial charge on any atom is -0.396 e. The molecule has 2 rings (SSSR count). The molecule has 0 heterocycles. The second-order valence-corrected chi connectivity index (χ2v) is 5.51. The molecule has 0 aliphatic heterocycles. The summed E-state index contributed by atoms with van der Waals surface area (Å²) in [6.45, 7) is 1.25. The molecule has 0 aliphatic carbocycles. The molecule has 124 valence electrons. The fourth-order valence-electron chi connectivity index (χ4n) is 2.20. The molecule has 2 aromatic carbocycles. The van der Waals surface area contributed by atoms with Crippen molar-refractivity contribution in [3.05, 3.63) is 71.8 Å². The Bertz CT molecular complexity index is 530. The second-order valence-electron chi connectivity index (χ2n) is 5.51. The summed E-state index contributed by atoms with van der Waals surface area (Å²) >= 11 is 0. The quantitative estimate of drug-likeness (QED) is 0.706. The Morgan fingerprint density at radius 1 is 0.739 bits per heavy atom. The standard InChI is InChI=1S/C19H24O4/c20-11-18(14-22-12-16-7-3-1-4-8-16)19(21)15-23-13-17-9-5-2-6-10-17/h1-10,18-21H,11-15H2/t18-,19-/m0/s1. The van der Waals surface area contributed by atoms with E-state index in [9.17, 15) is 10.2 Å². The summed E-state index contributed by atoms with van der Waals surface area (Å²) in [4.78, 5) is 0. The van der Waals surface area contributed by atoms with E-state index in [1.165, 1.54) is 0 Å². The Balaban J connectivity index is 1.67. The molecular weight excluding hydrogens is 292 g/mol. The topological polar surface area (TPSA) is 58.9 Å². The first-order valence-electron chi connectivity index (χ1n) is 7.82. The lowest BCUT2D eigenvalue weighted by molar-refractivity contribution is -0.0476. The lowest BCUT2D eigenvalue weighted by atomic mass is 10.1. The molecule has 4 heteroatoms. The van der Waals surface area contributed by atoms with E-state index in [1.54, 1.807) is 0 Å². The largest absolute Gasteiger partial charge is 0.396 e. The summed E-state index contributed by atoms with van der Waals surface area (Å²) in [5.74, 6) is -0.352. The van der Waals surface area contributed by atoms with Crippen LogP contribution in [0.15, 0.2) is 60.7 Å². The minimum atomic E-state index is -0.750. The highest BCUT2D eigenvalue weighted by Gasteiger charge is 2.19. The maximum Gasteiger partial charge on any atom is 0.0845 e. The van der Waals surface area contributed by atoms with Crippen molar-refractivity contribution in [1.29, 1.82) is 0 Å². The molecule has 23 heavy (non-hydrogen) atoms. The SMILES string of the molecule is OC[C@@H](COCc1ccccc1)[C@@H](O)COCc1ccccc1. The van der Waals surface area contributed by atoms with Gasteiger partial charge in [-0.05, 0) is 11.1 Å². The van der Waals surface area contributed by atoms with Crippen molar-refractivity contribution in [3.8, 4) is 0 Å². The predicted molar refractivity (Wildman–Crippen MR) is 88.8 cm³/mol. The third-order valence-corrected chi connectivity index (χ3v) is 3.62. The number of rotatable bonds is 10. The molecule has 0 bridgehead atoms. The normalized spacial score (nSPS) is 13.7. The number of benzene rings is 2. The van der Waals surface area contributed by atoms with Gasteiger partial charge in [0.05, 0.1) is 39.1 Å². The first-order chi connectivity index (χ1) is 11.3. The van der Waals surface area contributed by atoms with Crippen LogP contribution < -0.4 is 0 Å². The number of ether oxygens (including phenoxy) is 2. The predicted octanol–water partition coefficient (Wildman–Crippen LogP) is 2.39. The molecular formula is C19H24O4. The summed E-state index contributed by atoms with van der Waals surface area (Å²) in [5, 5.41) is 19.5. The Morgan fingerprint density at radius 3 is 1.70 bits per heavy atom. The number of hydrogen-bond acceptors (Lipinski definition) is 4. The third-order valence-electron chi connectivity index (χ3n) is 3.62. The van der Waals surface area contributed by atoms with Crippen molar-refractivity contribution >= 4 is 0 Å². The van der Waals surface area contributed by atoms with E-state index in [0.29, 0.717) is 19.8 Å². The van der Waals surface area contributed by atoms with Gasteiger partial charge in [0, 0.05) is 5.92 Å². The van der Waals surface area contributed by atoms with Gasteiger partial charge in [-0.2, -0.15) is 0 Å². The van der Waals surface area contributed by atoms with Crippen molar-refractivity contribution in [2.45, 2.75) is 19.3 Å². The van der Waals surface area contributed by atoms with Crippen molar-refractivity contribution in [2.75, 3.05) is 19.8 Å². The van der Waals surface area contributed by atoms with Crippen molar-refractivity contribution in [3.63, 3.8) is 0 Å². The Hall–Kier alpha value is -1.72. The van der Waals surface area contributed by atoms with Crippen LogP contribution in [0.4, 0.5) is 0 Å². The molecule has 0 saturated carbocycles. The van der Waals surface area contributed by atoms with E-state index in [0.717, 1.165) is 11.1 Å². The third kappa shape index (κ3) is 6.50. The fraction of sp³-hybridized carbons (Fsp3) is 0.368. The number of aliphatic hydroxyl groups excluding tert-OH is 2. The molecule has 0 aromatic heterocycles. The molecule has 0 amide bonds. The zero-order valence-electron chi connectivity index (χ0n) is 13.2. The smallest absolute Gasteiger partial charge is 0.0845 e. The van der Waals surface area contributed by atoms with Crippen LogP contribution in [0.2, 0.25) is 0 Å². The summed E-state index contributed by atoms with van der Waals surface area (Å²) in [7, 11) is 0. The Kier molecular flexibility index (Phi) is 7.77. The summed E-state index contributed by atoms with van der Waals surface area (Å²) in [6, 6.07) is 19.6. The van der Waals surface area contributed by atoms with Gasteiger partial charge in [-0.1, -0.05) is 60.7 Å². The van der Waals surface area contributed by atoms with Crippen LogP contribution in [-0.4, -0.2) is 36.1 Å². The highest BCUT2D eigenvalue weighted by Crippen LogP contribution is 2.09. The highest BCUT2D eigenvalue weighted by atomic mass is 16.5. The van der Waals surface area contributed by atoms with Crippen molar-refractivity contribution in [1.82, 2.24) is 0 Å². The molecule has 2 aromatic rings. The van der Waals surface area contributed by atoms with Gasteiger partial charge in [-0.25, -0.2) is 0 Å². The van der Waals surface area contributed by atoms with Gasteiger partial charge in [0.1, 0.15) is 0 Å². The number of hydrogen-bond donors (Lipinski definition) is 2. The van der Waals surface area contributed by atoms with Crippen molar-refractivity contribution < 1.29 is 19.7 Å². The molecule has 0 aliphatic rings. The number of aliphatic hydroxyl groups is 2. The van der Waals surface area contributed by atoms with E-state index in [2.05, 4.69) is 0 Å². The van der Waals surface area contributed by atoms with Gasteiger partial charge >= 0.3 is 0 Å². The zero-order chi connectivity index (χ0) is 16.3. The van der Waals surface area contributed by atoms with Gasteiger partial charge in [-0.15, -0.1) is 0 Å². The average Bonchev–Trinajstić information content (AvgIpc) is 2.60. The van der Waals surface area contributed by atoms with E-state index in [4.69, 9.17) is 9.47 Å².